The SMILES string of the molecule is Cc1cc(C)n(C[C@H](C)CNC(=O)[C@@H]2CC(=O)Nc3ccccc32)n1. The number of carbonyl (C=O) groups is 2. The van der Waals surface area contributed by atoms with Crippen LogP contribution in [0.3, 0.4) is 0 Å². The molecule has 1 aromatic heterocycles. The van der Waals surface area contributed by atoms with Gasteiger partial charge in [0.2, 0.25) is 11.8 Å². The second-order valence-corrected chi connectivity index (χ2v) is 6.85. The summed E-state index contributed by atoms with van der Waals surface area (Å²) in [6.07, 6.45) is 0.189. The van der Waals surface area contributed by atoms with Gasteiger partial charge in [-0.25, -0.2) is 0 Å². The van der Waals surface area contributed by atoms with Gasteiger partial charge in [0.25, 0.3) is 0 Å². The van der Waals surface area contributed by atoms with Gasteiger partial charge in [-0.2, -0.15) is 5.10 Å². The lowest BCUT2D eigenvalue weighted by molar-refractivity contribution is -0.126. The van der Waals surface area contributed by atoms with Crippen molar-refractivity contribution in [2.45, 2.75) is 39.7 Å². The number of nitrogens with zero attached hydrogens (tertiary/aromatic N) is 2. The van der Waals surface area contributed by atoms with E-state index >= 15 is 0 Å². The topological polar surface area (TPSA) is 76.0 Å². The number of fused-ring (bicyclic) bond motifs is 1. The monoisotopic (exact) mass is 340 g/mol. The Balaban J connectivity index is 1.61. The van der Waals surface area contributed by atoms with Gasteiger partial charge in [0, 0.05) is 30.9 Å². The first-order chi connectivity index (χ1) is 11.9. The highest BCUT2D eigenvalue weighted by atomic mass is 16.2. The molecule has 1 aliphatic rings. The van der Waals surface area contributed by atoms with Gasteiger partial charge in [0.1, 0.15) is 0 Å². The summed E-state index contributed by atoms with van der Waals surface area (Å²) in [5, 5.41) is 10.3. The van der Waals surface area contributed by atoms with Crippen LogP contribution in [0.5, 0.6) is 0 Å². The Morgan fingerprint density at radius 3 is 2.88 bits per heavy atom. The molecule has 3 rings (SSSR count). The maximum atomic E-state index is 12.6. The molecule has 0 aliphatic carbocycles. The van der Waals surface area contributed by atoms with E-state index in [-0.39, 0.29) is 24.2 Å². The van der Waals surface area contributed by atoms with Crippen molar-refractivity contribution in [3.8, 4) is 0 Å². The minimum Gasteiger partial charge on any atom is -0.355 e. The fourth-order valence-corrected chi connectivity index (χ4v) is 3.26. The molecule has 2 aromatic rings. The number of carbonyl (C=O) groups excluding carboxylic acids is 2. The van der Waals surface area contributed by atoms with E-state index in [0.717, 1.165) is 29.2 Å². The van der Waals surface area contributed by atoms with E-state index in [1.165, 1.54) is 0 Å². The van der Waals surface area contributed by atoms with Crippen LogP contribution in [-0.4, -0.2) is 28.1 Å². The zero-order valence-electron chi connectivity index (χ0n) is 14.9. The molecular weight excluding hydrogens is 316 g/mol. The number of nitrogens with one attached hydrogen (secondary N) is 2. The predicted octanol–water partition coefficient (Wildman–Crippen LogP) is 2.38. The summed E-state index contributed by atoms with van der Waals surface area (Å²) in [4.78, 5) is 24.5. The van der Waals surface area contributed by atoms with Gasteiger partial charge < -0.3 is 10.6 Å². The van der Waals surface area contributed by atoms with Gasteiger partial charge in [-0.15, -0.1) is 0 Å². The molecule has 6 nitrogen and oxygen atoms in total. The number of para-hydroxylation sites is 1. The minimum atomic E-state index is -0.425. The van der Waals surface area contributed by atoms with Crippen molar-refractivity contribution in [1.29, 1.82) is 0 Å². The molecule has 0 bridgehead atoms. The number of hydrogen-bond acceptors (Lipinski definition) is 3. The number of aryl methyl sites for hydroxylation is 2. The molecule has 1 aromatic carbocycles. The van der Waals surface area contributed by atoms with Gasteiger partial charge in [-0.1, -0.05) is 25.1 Å². The second-order valence-electron chi connectivity index (χ2n) is 6.85. The van der Waals surface area contributed by atoms with E-state index in [4.69, 9.17) is 0 Å². The molecule has 2 amide bonds. The van der Waals surface area contributed by atoms with Gasteiger partial charge in [-0.3, -0.25) is 14.3 Å². The zero-order valence-corrected chi connectivity index (χ0v) is 14.9. The van der Waals surface area contributed by atoms with E-state index in [0.29, 0.717) is 6.54 Å². The molecule has 2 atom stereocenters. The summed E-state index contributed by atoms with van der Waals surface area (Å²) in [7, 11) is 0. The molecule has 6 heteroatoms. The van der Waals surface area contributed by atoms with Crippen LogP contribution in [0.4, 0.5) is 5.69 Å². The Labute approximate surface area is 147 Å². The van der Waals surface area contributed by atoms with Crippen LogP contribution in [0.2, 0.25) is 0 Å². The molecule has 0 fully saturated rings. The summed E-state index contributed by atoms with van der Waals surface area (Å²) in [5.74, 6) is -0.391. The van der Waals surface area contributed by atoms with Crippen LogP contribution in [0.15, 0.2) is 30.3 Å². The number of benzene rings is 1. The molecule has 25 heavy (non-hydrogen) atoms. The third-order valence-corrected chi connectivity index (χ3v) is 4.53. The molecule has 2 N–H and O–H groups in total. The van der Waals surface area contributed by atoms with Crippen LogP contribution in [0.1, 0.15) is 36.2 Å². The quantitative estimate of drug-likeness (QED) is 0.877. The first-order valence-electron chi connectivity index (χ1n) is 8.61. The number of hydrogen-bond donors (Lipinski definition) is 2. The Kier molecular flexibility index (Phi) is 4.88. The van der Waals surface area contributed by atoms with E-state index in [1.54, 1.807) is 0 Å². The van der Waals surface area contributed by atoms with Crippen molar-refractivity contribution in [2.75, 3.05) is 11.9 Å². The Bertz CT molecular complexity index is 796. The van der Waals surface area contributed by atoms with E-state index in [9.17, 15) is 9.59 Å². The van der Waals surface area contributed by atoms with E-state index in [1.807, 2.05) is 48.9 Å². The molecule has 2 heterocycles. The maximum absolute atomic E-state index is 12.6. The number of aromatic nitrogens is 2. The third kappa shape index (κ3) is 3.90. The second kappa shape index (κ2) is 7.09. The Hall–Kier alpha value is -2.63. The number of rotatable bonds is 5. The fourth-order valence-electron chi connectivity index (χ4n) is 3.26. The van der Waals surface area contributed by atoms with Crippen LogP contribution in [0, 0.1) is 19.8 Å². The van der Waals surface area contributed by atoms with Gasteiger partial charge >= 0.3 is 0 Å². The van der Waals surface area contributed by atoms with Crippen molar-refractivity contribution < 1.29 is 9.59 Å². The maximum Gasteiger partial charge on any atom is 0.228 e. The van der Waals surface area contributed by atoms with Crippen LogP contribution < -0.4 is 10.6 Å². The van der Waals surface area contributed by atoms with Crippen molar-refractivity contribution in [2.24, 2.45) is 5.92 Å². The average molecular weight is 340 g/mol. The lowest BCUT2D eigenvalue weighted by Gasteiger charge is -2.25. The van der Waals surface area contributed by atoms with Crippen LogP contribution in [-0.2, 0) is 16.1 Å². The summed E-state index contributed by atoms with van der Waals surface area (Å²) in [5.41, 5.74) is 3.73. The van der Waals surface area contributed by atoms with Crippen molar-refractivity contribution in [3.63, 3.8) is 0 Å². The van der Waals surface area contributed by atoms with Crippen LogP contribution in [0.25, 0.3) is 0 Å². The van der Waals surface area contributed by atoms with E-state index < -0.39 is 5.92 Å². The molecule has 0 saturated carbocycles. The predicted molar refractivity (Wildman–Crippen MR) is 96.3 cm³/mol. The average Bonchev–Trinajstić information content (AvgIpc) is 2.89. The minimum absolute atomic E-state index is 0.0949. The first-order valence-corrected chi connectivity index (χ1v) is 8.61. The molecule has 0 unspecified atom stereocenters. The number of amides is 2. The Morgan fingerprint density at radius 2 is 2.16 bits per heavy atom. The van der Waals surface area contributed by atoms with Gasteiger partial charge in [0.15, 0.2) is 0 Å². The lowest BCUT2D eigenvalue weighted by atomic mass is 9.89. The molecule has 1 aliphatic heterocycles. The molecular formula is C19H24N4O2. The van der Waals surface area contributed by atoms with Gasteiger partial charge in [-0.05, 0) is 37.5 Å². The summed E-state index contributed by atoms with van der Waals surface area (Å²) in [6.45, 7) is 7.39. The summed E-state index contributed by atoms with van der Waals surface area (Å²) in [6, 6.07) is 9.53. The highest BCUT2D eigenvalue weighted by Gasteiger charge is 2.30. The van der Waals surface area contributed by atoms with Gasteiger partial charge in [0.05, 0.1) is 11.6 Å². The largest absolute Gasteiger partial charge is 0.355 e. The normalized spacial score (nSPS) is 17.6. The van der Waals surface area contributed by atoms with Crippen molar-refractivity contribution in [3.05, 3.63) is 47.3 Å². The first kappa shape index (κ1) is 17.2. The summed E-state index contributed by atoms with van der Waals surface area (Å²) >= 11 is 0. The third-order valence-electron chi connectivity index (χ3n) is 4.53. The molecule has 132 valence electrons. The standard InChI is InChI=1S/C19H24N4O2/c1-12(11-23-14(3)8-13(2)22-23)10-20-19(25)16-9-18(24)21-17-7-5-4-6-15(16)17/h4-8,12,16H,9-11H2,1-3H3,(H,20,25)(H,21,24)/t12-,16-/m1/s1. The molecule has 0 saturated heterocycles. The van der Waals surface area contributed by atoms with E-state index in [2.05, 4.69) is 22.7 Å². The zero-order chi connectivity index (χ0) is 18.0. The number of anilines is 1. The van der Waals surface area contributed by atoms with Crippen molar-refractivity contribution in [1.82, 2.24) is 15.1 Å². The highest BCUT2D eigenvalue weighted by molar-refractivity contribution is 6.01. The van der Waals surface area contributed by atoms with Crippen molar-refractivity contribution >= 4 is 17.5 Å². The van der Waals surface area contributed by atoms with Crippen LogP contribution >= 0.6 is 0 Å². The molecule has 0 spiro atoms. The fraction of sp³-hybridized carbons (Fsp3) is 0.421. The molecule has 0 radical (unpaired) electrons. The smallest absolute Gasteiger partial charge is 0.228 e. The summed E-state index contributed by atoms with van der Waals surface area (Å²) < 4.78 is 1.97. The lowest BCUT2D eigenvalue weighted by Crippen LogP contribution is -2.37. The Morgan fingerprint density at radius 1 is 1.40 bits per heavy atom. The highest BCUT2D eigenvalue weighted by Crippen LogP contribution is 2.31.